The van der Waals surface area contributed by atoms with Crippen molar-refractivity contribution in [1.82, 2.24) is 15.8 Å². The highest BCUT2D eigenvalue weighted by atomic mass is 19.1. The van der Waals surface area contributed by atoms with Gasteiger partial charge in [-0.25, -0.2) is 9.38 Å². The van der Waals surface area contributed by atoms with Crippen LogP contribution in [0.1, 0.15) is 56.5 Å². The highest BCUT2D eigenvalue weighted by Gasteiger charge is 2.44. The molecule has 1 aromatic heterocycles. The Bertz CT molecular complexity index is 747. The molecular formula is C20H27FN4O. The minimum atomic E-state index is -0.194. The van der Waals surface area contributed by atoms with Gasteiger partial charge in [0, 0.05) is 24.6 Å². The first-order valence-electron chi connectivity index (χ1n) is 9.26. The first kappa shape index (κ1) is 18.4. The van der Waals surface area contributed by atoms with E-state index >= 15 is 0 Å². The Labute approximate surface area is 154 Å². The van der Waals surface area contributed by atoms with E-state index in [1.807, 2.05) is 25.1 Å². The molecule has 0 unspecified atom stereocenters. The van der Waals surface area contributed by atoms with Crippen molar-refractivity contribution in [2.75, 3.05) is 13.1 Å². The minimum Gasteiger partial charge on any atom is -0.359 e. The average molecular weight is 358 g/mol. The topological polar surface area (TPSA) is 62.5 Å². The van der Waals surface area contributed by atoms with Crippen LogP contribution in [0.15, 0.2) is 39.8 Å². The van der Waals surface area contributed by atoms with Crippen LogP contribution < -0.4 is 10.6 Å². The number of rotatable bonds is 7. The predicted molar refractivity (Wildman–Crippen MR) is 101 cm³/mol. The molecule has 5 nitrogen and oxygen atoms in total. The van der Waals surface area contributed by atoms with Gasteiger partial charge in [0.25, 0.3) is 0 Å². The molecule has 140 valence electrons. The second kappa shape index (κ2) is 7.89. The summed E-state index contributed by atoms with van der Waals surface area (Å²) in [7, 11) is 0. The summed E-state index contributed by atoms with van der Waals surface area (Å²) >= 11 is 0. The quantitative estimate of drug-likeness (QED) is 0.585. The van der Waals surface area contributed by atoms with E-state index in [0.29, 0.717) is 12.5 Å². The van der Waals surface area contributed by atoms with Crippen molar-refractivity contribution in [3.05, 3.63) is 53.2 Å². The van der Waals surface area contributed by atoms with Crippen LogP contribution in [0, 0.1) is 5.82 Å². The number of hydrogen-bond acceptors (Lipinski definition) is 3. The summed E-state index contributed by atoms with van der Waals surface area (Å²) in [6.07, 6.45) is 2.20. The highest BCUT2D eigenvalue weighted by molar-refractivity contribution is 5.79. The maximum atomic E-state index is 13.2. The molecule has 2 N–H and O–H groups in total. The average Bonchev–Trinajstić information content (AvgIpc) is 3.26. The fourth-order valence-electron chi connectivity index (χ4n) is 2.95. The SMILES string of the molecule is CCNC(=NCc1cc(C(C)C)no1)NCC1(c2ccc(F)cc2)CC1. The summed E-state index contributed by atoms with van der Waals surface area (Å²) < 4.78 is 18.5. The summed E-state index contributed by atoms with van der Waals surface area (Å²) in [6, 6.07) is 8.79. The van der Waals surface area contributed by atoms with Crippen LogP contribution in [0.3, 0.4) is 0 Å². The van der Waals surface area contributed by atoms with Gasteiger partial charge in [-0.05, 0) is 43.4 Å². The molecule has 0 bridgehead atoms. The zero-order valence-corrected chi connectivity index (χ0v) is 15.7. The van der Waals surface area contributed by atoms with Crippen LogP contribution in [0.4, 0.5) is 4.39 Å². The van der Waals surface area contributed by atoms with Gasteiger partial charge in [-0.2, -0.15) is 0 Å². The molecule has 1 heterocycles. The van der Waals surface area contributed by atoms with Crippen LogP contribution in [-0.2, 0) is 12.0 Å². The third-order valence-corrected chi connectivity index (χ3v) is 4.81. The Hall–Kier alpha value is -2.37. The molecule has 0 amide bonds. The summed E-state index contributed by atoms with van der Waals surface area (Å²) in [5.41, 5.74) is 2.21. The smallest absolute Gasteiger partial charge is 0.191 e. The van der Waals surface area contributed by atoms with Crippen molar-refractivity contribution < 1.29 is 8.91 Å². The van der Waals surface area contributed by atoms with E-state index in [1.165, 1.54) is 17.7 Å². The lowest BCUT2D eigenvalue weighted by molar-refractivity contribution is 0.376. The molecule has 0 radical (unpaired) electrons. The Morgan fingerprint density at radius 1 is 1.27 bits per heavy atom. The van der Waals surface area contributed by atoms with Crippen LogP contribution in [-0.4, -0.2) is 24.2 Å². The third-order valence-electron chi connectivity index (χ3n) is 4.81. The van der Waals surface area contributed by atoms with Gasteiger partial charge in [-0.15, -0.1) is 0 Å². The van der Waals surface area contributed by atoms with Crippen molar-refractivity contribution in [2.24, 2.45) is 4.99 Å². The van der Waals surface area contributed by atoms with Crippen LogP contribution >= 0.6 is 0 Å². The summed E-state index contributed by atoms with van der Waals surface area (Å²) in [5.74, 6) is 1.66. The molecule has 1 aliphatic rings. The number of guanidine groups is 1. The first-order valence-corrected chi connectivity index (χ1v) is 9.26. The lowest BCUT2D eigenvalue weighted by Gasteiger charge is -2.19. The fraction of sp³-hybridized carbons (Fsp3) is 0.500. The molecule has 0 aliphatic heterocycles. The number of benzene rings is 1. The minimum absolute atomic E-state index is 0.0843. The number of halogens is 1. The second-order valence-electron chi connectivity index (χ2n) is 7.21. The Kier molecular flexibility index (Phi) is 5.59. The second-order valence-corrected chi connectivity index (χ2v) is 7.21. The van der Waals surface area contributed by atoms with Crippen molar-refractivity contribution in [2.45, 2.75) is 51.5 Å². The number of nitrogens with zero attached hydrogens (tertiary/aromatic N) is 2. The van der Waals surface area contributed by atoms with Crippen LogP contribution in [0.2, 0.25) is 0 Å². The monoisotopic (exact) mass is 358 g/mol. The molecule has 0 spiro atoms. The molecule has 1 fully saturated rings. The lowest BCUT2D eigenvalue weighted by atomic mass is 9.96. The standard InChI is InChI=1S/C20H27FN4O/c1-4-22-19(23-12-17-11-18(14(2)3)25-26-17)24-13-20(9-10-20)15-5-7-16(21)8-6-15/h5-8,11,14H,4,9-10,12-13H2,1-3H3,(H2,22,23,24). The van der Waals surface area contributed by atoms with E-state index in [0.717, 1.165) is 43.3 Å². The van der Waals surface area contributed by atoms with Gasteiger partial charge in [-0.1, -0.05) is 31.1 Å². The maximum Gasteiger partial charge on any atom is 0.191 e. The van der Waals surface area contributed by atoms with Gasteiger partial charge in [-0.3, -0.25) is 0 Å². The zero-order chi connectivity index (χ0) is 18.6. The zero-order valence-electron chi connectivity index (χ0n) is 15.7. The summed E-state index contributed by atoms with van der Waals surface area (Å²) in [6.45, 7) is 8.21. The number of hydrogen-bond donors (Lipinski definition) is 2. The first-order chi connectivity index (χ1) is 12.5. The van der Waals surface area contributed by atoms with Crippen LogP contribution in [0.5, 0.6) is 0 Å². The molecule has 1 aliphatic carbocycles. The van der Waals surface area contributed by atoms with Crippen molar-refractivity contribution >= 4 is 5.96 Å². The van der Waals surface area contributed by atoms with Gasteiger partial charge < -0.3 is 15.2 Å². The van der Waals surface area contributed by atoms with Crippen LogP contribution in [0.25, 0.3) is 0 Å². The van der Waals surface area contributed by atoms with Gasteiger partial charge in [0.1, 0.15) is 12.4 Å². The van der Waals surface area contributed by atoms with E-state index < -0.39 is 0 Å². The van der Waals surface area contributed by atoms with Gasteiger partial charge in [0.15, 0.2) is 11.7 Å². The van der Waals surface area contributed by atoms with Gasteiger partial charge >= 0.3 is 0 Å². The normalized spacial score (nSPS) is 16.0. The molecule has 26 heavy (non-hydrogen) atoms. The number of aromatic nitrogens is 1. The maximum absolute atomic E-state index is 13.2. The molecule has 6 heteroatoms. The molecule has 0 saturated heterocycles. The molecular weight excluding hydrogens is 331 g/mol. The predicted octanol–water partition coefficient (Wildman–Crippen LogP) is 3.72. The van der Waals surface area contributed by atoms with Gasteiger partial charge in [0.05, 0.1) is 5.69 Å². The third kappa shape index (κ3) is 4.42. The van der Waals surface area contributed by atoms with E-state index in [2.05, 4.69) is 34.6 Å². The highest BCUT2D eigenvalue weighted by Crippen LogP contribution is 2.47. The number of aliphatic imine (C=N–C) groups is 1. The van der Waals surface area contributed by atoms with E-state index in [9.17, 15) is 4.39 Å². The van der Waals surface area contributed by atoms with E-state index in [4.69, 9.17) is 4.52 Å². The molecule has 1 aromatic carbocycles. The Balaban J connectivity index is 1.61. The Morgan fingerprint density at radius 2 is 2.00 bits per heavy atom. The summed E-state index contributed by atoms with van der Waals surface area (Å²) in [4.78, 5) is 4.60. The number of nitrogens with one attached hydrogen (secondary N) is 2. The van der Waals surface area contributed by atoms with Crippen molar-refractivity contribution in [1.29, 1.82) is 0 Å². The van der Waals surface area contributed by atoms with Crippen molar-refractivity contribution in [3.63, 3.8) is 0 Å². The molecule has 1 saturated carbocycles. The molecule has 0 atom stereocenters. The van der Waals surface area contributed by atoms with Gasteiger partial charge in [0.2, 0.25) is 0 Å². The van der Waals surface area contributed by atoms with E-state index in [1.54, 1.807) is 0 Å². The fourth-order valence-corrected chi connectivity index (χ4v) is 2.95. The van der Waals surface area contributed by atoms with E-state index in [-0.39, 0.29) is 11.2 Å². The molecule has 2 aromatic rings. The van der Waals surface area contributed by atoms with Crippen molar-refractivity contribution in [3.8, 4) is 0 Å². The summed E-state index contributed by atoms with van der Waals surface area (Å²) in [5, 5.41) is 10.7. The Morgan fingerprint density at radius 3 is 2.58 bits per heavy atom. The lowest BCUT2D eigenvalue weighted by Crippen LogP contribution is -2.41. The largest absolute Gasteiger partial charge is 0.359 e. The molecule has 3 rings (SSSR count).